The minimum Gasteiger partial charge on any atom is -0.423 e. The summed E-state index contributed by atoms with van der Waals surface area (Å²) in [6.07, 6.45) is 11.9. The average molecular weight is 437 g/mol. The van der Waals surface area contributed by atoms with Gasteiger partial charge in [0.2, 0.25) is 5.91 Å². The minimum atomic E-state index is -1.51. The molecular weight excluding hydrogens is 401 g/mol. The Hall–Kier alpha value is -2.22. The number of allylic oxidation sites excluding steroid dienone is 3. The van der Waals surface area contributed by atoms with Crippen molar-refractivity contribution in [1.29, 1.82) is 0 Å². The number of pyridine rings is 1. The molecule has 32 heavy (non-hydrogen) atoms. The van der Waals surface area contributed by atoms with Gasteiger partial charge >= 0.3 is 7.12 Å². The van der Waals surface area contributed by atoms with E-state index >= 15 is 0 Å². The molecule has 2 heterocycles. The molecule has 2 aliphatic rings. The van der Waals surface area contributed by atoms with Gasteiger partial charge in [0.25, 0.3) is 0 Å². The highest BCUT2D eigenvalue weighted by Crippen LogP contribution is 2.33. The van der Waals surface area contributed by atoms with Gasteiger partial charge in [-0.3, -0.25) is 14.7 Å². The van der Waals surface area contributed by atoms with E-state index in [0.717, 1.165) is 55.6 Å². The van der Waals surface area contributed by atoms with Crippen molar-refractivity contribution in [2.75, 3.05) is 27.2 Å². The molecule has 1 unspecified atom stereocenters. The van der Waals surface area contributed by atoms with Gasteiger partial charge in [-0.15, -0.1) is 0 Å². The van der Waals surface area contributed by atoms with E-state index in [2.05, 4.69) is 29.8 Å². The first-order valence-electron chi connectivity index (χ1n) is 11.5. The van der Waals surface area contributed by atoms with E-state index in [1.165, 1.54) is 11.1 Å². The minimum absolute atomic E-state index is 0.118. The first-order chi connectivity index (χ1) is 15.2. The van der Waals surface area contributed by atoms with Crippen LogP contribution >= 0.6 is 0 Å². The van der Waals surface area contributed by atoms with Gasteiger partial charge in [0.15, 0.2) is 0 Å². The largest absolute Gasteiger partial charge is 0.489 e. The normalized spacial score (nSPS) is 19.3. The third-order valence-electron chi connectivity index (χ3n) is 7.00. The molecule has 7 heteroatoms. The van der Waals surface area contributed by atoms with Crippen LogP contribution in [0.2, 0.25) is 0 Å². The molecule has 172 valence electrons. The number of carbonyl (C=O) groups excluding carboxylic acids is 1. The molecule has 2 N–H and O–H groups in total. The molecule has 0 bridgehead atoms. The fraction of sp³-hybridized carbons (Fsp3) is 0.520. The molecule has 1 aromatic rings. The molecule has 6 nitrogen and oxygen atoms in total. The Balaban J connectivity index is 1.63. The molecule has 1 aliphatic heterocycles. The standard InChI is InChI=1S/C25H36BN3O3/c1-17(16-23-18(2)27-13-10-24(23)26(31)32)19(3)29-14-11-21(12-15-29)20-6-8-22(9-7-20)25(30)28(4)5/h6,8,10,13,16,19,21,31-32H,7,9,11-12,14-15H2,1-5H3/b17-16+. The van der Waals surface area contributed by atoms with Gasteiger partial charge in [-0.1, -0.05) is 29.4 Å². The lowest BCUT2D eigenvalue weighted by Gasteiger charge is -2.38. The average Bonchev–Trinajstić information content (AvgIpc) is 2.79. The zero-order chi connectivity index (χ0) is 23.4. The molecule has 1 saturated heterocycles. The molecule has 0 spiro atoms. The Morgan fingerprint density at radius 1 is 1.25 bits per heavy atom. The van der Waals surface area contributed by atoms with Crippen molar-refractivity contribution in [3.05, 3.63) is 52.4 Å². The van der Waals surface area contributed by atoms with Crippen molar-refractivity contribution in [2.24, 2.45) is 5.92 Å². The predicted octanol–water partition coefficient (Wildman–Crippen LogP) is 2.31. The lowest BCUT2D eigenvalue weighted by atomic mass is 9.76. The van der Waals surface area contributed by atoms with Crippen LogP contribution in [0.25, 0.3) is 6.08 Å². The fourth-order valence-electron chi connectivity index (χ4n) is 4.76. The molecule has 3 rings (SSSR count). The number of rotatable bonds is 6. The highest BCUT2D eigenvalue weighted by atomic mass is 16.4. The van der Waals surface area contributed by atoms with Gasteiger partial charge in [0, 0.05) is 37.6 Å². The summed E-state index contributed by atoms with van der Waals surface area (Å²) in [6.45, 7) is 8.28. The van der Waals surface area contributed by atoms with Gasteiger partial charge in [0.05, 0.1) is 0 Å². The highest BCUT2D eigenvalue weighted by molar-refractivity contribution is 6.59. The Morgan fingerprint density at radius 3 is 2.50 bits per heavy atom. The summed E-state index contributed by atoms with van der Waals surface area (Å²) in [5.74, 6) is 0.707. The number of likely N-dealkylation sites (tertiary alicyclic amines) is 1. The van der Waals surface area contributed by atoms with E-state index in [4.69, 9.17) is 0 Å². The molecule has 1 amide bonds. The SMILES string of the molecule is C/C(=C\c1c(B(O)O)ccnc1C)C(C)N1CCC(C2=CC=C(C(=O)N(C)C)CC2)CC1. The topological polar surface area (TPSA) is 76.9 Å². The number of likely N-dealkylation sites (N-methyl/N-ethyl adjacent to an activating group) is 1. The Labute approximate surface area is 192 Å². The second-order valence-corrected chi connectivity index (χ2v) is 9.28. The van der Waals surface area contributed by atoms with Crippen molar-refractivity contribution in [3.8, 4) is 0 Å². The lowest BCUT2D eigenvalue weighted by molar-refractivity contribution is -0.124. The van der Waals surface area contributed by atoms with Crippen molar-refractivity contribution in [3.63, 3.8) is 0 Å². The van der Waals surface area contributed by atoms with Crippen molar-refractivity contribution >= 4 is 24.6 Å². The summed E-state index contributed by atoms with van der Waals surface area (Å²) in [4.78, 5) is 20.6. The smallest absolute Gasteiger partial charge is 0.423 e. The van der Waals surface area contributed by atoms with Gasteiger partial charge in [0.1, 0.15) is 0 Å². The zero-order valence-corrected chi connectivity index (χ0v) is 20.0. The van der Waals surface area contributed by atoms with Gasteiger partial charge < -0.3 is 14.9 Å². The van der Waals surface area contributed by atoms with Crippen molar-refractivity contribution in [2.45, 2.75) is 52.5 Å². The Bertz CT molecular complexity index is 928. The summed E-state index contributed by atoms with van der Waals surface area (Å²) in [7, 11) is 2.10. The second-order valence-electron chi connectivity index (χ2n) is 9.28. The summed E-state index contributed by atoms with van der Waals surface area (Å²) in [5, 5.41) is 19.4. The van der Waals surface area contributed by atoms with Crippen LogP contribution in [0.1, 0.15) is 50.8 Å². The van der Waals surface area contributed by atoms with Gasteiger partial charge in [-0.05, 0) is 82.6 Å². The zero-order valence-electron chi connectivity index (χ0n) is 20.0. The van der Waals surface area contributed by atoms with Crippen molar-refractivity contribution in [1.82, 2.24) is 14.8 Å². The second kappa shape index (κ2) is 10.6. The van der Waals surface area contributed by atoms with Crippen LogP contribution in [0.3, 0.4) is 0 Å². The molecule has 1 atom stereocenters. The van der Waals surface area contributed by atoms with Crippen LogP contribution in [0, 0.1) is 12.8 Å². The van der Waals surface area contributed by atoms with Crippen LogP contribution in [-0.4, -0.2) is 71.1 Å². The third-order valence-corrected chi connectivity index (χ3v) is 7.00. The van der Waals surface area contributed by atoms with E-state index in [1.807, 2.05) is 19.1 Å². The number of nitrogens with zero attached hydrogens (tertiary/aromatic N) is 3. The van der Waals surface area contributed by atoms with Crippen LogP contribution in [-0.2, 0) is 4.79 Å². The summed E-state index contributed by atoms with van der Waals surface area (Å²) < 4.78 is 0. The number of hydrogen-bond donors (Lipinski definition) is 2. The van der Waals surface area contributed by atoms with E-state index in [9.17, 15) is 14.8 Å². The first-order valence-corrected chi connectivity index (χ1v) is 11.5. The van der Waals surface area contributed by atoms with Crippen molar-refractivity contribution < 1.29 is 14.8 Å². The number of hydrogen-bond acceptors (Lipinski definition) is 5. The number of aromatic nitrogens is 1. The van der Waals surface area contributed by atoms with E-state index in [1.54, 1.807) is 31.3 Å². The molecule has 1 fully saturated rings. The maximum absolute atomic E-state index is 12.2. The number of carbonyl (C=O) groups is 1. The molecule has 0 saturated carbocycles. The number of piperidine rings is 1. The summed E-state index contributed by atoms with van der Waals surface area (Å²) in [5.41, 5.74) is 5.66. The van der Waals surface area contributed by atoms with Crippen LogP contribution in [0.5, 0.6) is 0 Å². The monoisotopic (exact) mass is 437 g/mol. The molecular formula is C25H36BN3O3. The maximum atomic E-state index is 12.2. The van der Waals surface area contributed by atoms with E-state index in [0.29, 0.717) is 11.4 Å². The number of amides is 1. The van der Waals surface area contributed by atoms with E-state index < -0.39 is 7.12 Å². The summed E-state index contributed by atoms with van der Waals surface area (Å²) >= 11 is 0. The van der Waals surface area contributed by atoms with Crippen LogP contribution in [0.4, 0.5) is 0 Å². The fourth-order valence-corrected chi connectivity index (χ4v) is 4.76. The molecule has 1 aromatic heterocycles. The lowest BCUT2D eigenvalue weighted by Crippen LogP contribution is -2.41. The van der Waals surface area contributed by atoms with Gasteiger partial charge in [-0.2, -0.15) is 0 Å². The number of aryl methyl sites for hydroxylation is 1. The maximum Gasteiger partial charge on any atom is 0.489 e. The third kappa shape index (κ3) is 5.58. The van der Waals surface area contributed by atoms with E-state index in [-0.39, 0.29) is 11.9 Å². The first kappa shape index (κ1) is 24.4. The molecule has 0 aromatic carbocycles. The van der Waals surface area contributed by atoms with Crippen LogP contribution in [0.15, 0.2) is 41.1 Å². The summed E-state index contributed by atoms with van der Waals surface area (Å²) in [6, 6.07) is 1.93. The van der Waals surface area contributed by atoms with Gasteiger partial charge in [-0.25, -0.2) is 0 Å². The van der Waals surface area contributed by atoms with Crippen LogP contribution < -0.4 is 5.46 Å². The molecule has 0 radical (unpaired) electrons. The quantitative estimate of drug-likeness (QED) is 0.668. The highest BCUT2D eigenvalue weighted by Gasteiger charge is 2.27. The predicted molar refractivity (Wildman–Crippen MR) is 130 cm³/mol. The molecule has 1 aliphatic carbocycles. The Morgan fingerprint density at radius 2 is 1.94 bits per heavy atom. The Kier molecular flexibility index (Phi) is 8.09.